The summed E-state index contributed by atoms with van der Waals surface area (Å²) in [7, 11) is 0. The van der Waals surface area contributed by atoms with E-state index < -0.39 is 0 Å². The van der Waals surface area contributed by atoms with Gasteiger partial charge in [-0.15, -0.1) is 11.3 Å². The van der Waals surface area contributed by atoms with Crippen LogP contribution in [0.2, 0.25) is 0 Å². The van der Waals surface area contributed by atoms with Crippen molar-refractivity contribution in [2.45, 2.75) is 0 Å². The Bertz CT molecular complexity index is 2760. The number of hydrogen-bond donors (Lipinski definition) is 0. The minimum absolute atomic E-state index is 1.13. The summed E-state index contributed by atoms with van der Waals surface area (Å²) in [4.78, 5) is 4.33. The first-order valence-corrected chi connectivity index (χ1v) is 16.8. The predicted octanol–water partition coefficient (Wildman–Crippen LogP) is 13.0. The highest BCUT2D eigenvalue weighted by Gasteiger charge is 2.18. The highest BCUT2D eigenvalue weighted by atomic mass is 32.1. The Kier molecular flexibility index (Phi) is 5.81. The summed E-state index contributed by atoms with van der Waals surface area (Å²) in [6.45, 7) is 0. The molecule has 0 fully saturated rings. The zero-order chi connectivity index (χ0) is 30.9. The first-order chi connectivity index (χ1) is 23.3. The van der Waals surface area contributed by atoms with E-state index in [0.717, 1.165) is 5.56 Å². The van der Waals surface area contributed by atoms with Crippen LogP contribution in [0.5, 0.6) is 0 Å². The molecule has 2 heterocycles. The molecule has 0 amide bonds. The van der Waals surface area contributed by atoms with Crippen molar-refractivity contribution in [3.05, 3.63) is 164 Å². The van der Waals surface area contributed by atoms with Gasteiger partial charge in [0.2, 0.25) is 0 Å². The summed E-state index contributed by atoms with van der Waals surface area (Å²) < 4.78 is 2.67. The Labute approximate surface area is 276 Å². The van der Waals surface area contributed by atoms with Crippen LogP contribution >= 0.6 is 11.3 Å². The van der Waals surface area contributed by atoms with Gasteiger partial charge < -0.3 is 0 Å². The Balaban J connectivity index is 1.21. The number of fused-ring (bicyclic) bond motifs is 3. The molecular formula is C45H27NS. The Morgan fingerprint density at radius 2 is 1.04 bits per heavy atom. The van der Waals surface area contributed by atoms with Crippen molar-refractivity contribution < 1.29 is 0 Å². The van der Waals surface area contributed by atoms with Crippen molar-refractivity contribution in [2.24, 2.45) is 0 Å². The summed E-state index contributed by atoms with van der Waals surface area (Å²) in [5.41, 5.74) is 9.77. The number of thiophene rings is 1. The molecule has 0 N–H and O–H groups in total. The van der Waals surface area contributed by atoms with Gasteiger partial charge in [-0.05, 0) is 101 Å². The summed E-state index contributed by atoms with van der Waals surface area (Å²) in [5, 5.41) is 10.5. The average Bonchev–Trinajstić information content (AvgIpc) is 3.53. The van der Waals surface area contributed by atoms with Gasteiger partial charge in [0.05, 0.1) is 0 Å². The molecule has 0 bridgehead atoms. The van der Waals surface area contributed by atoms with Crippen molar-refractivity contribution in [3.63, 3.8) is 0 Å². The highest BCUT2D eigenvalue weighted by molar-refractivity contribution is 7.26. The maximum absolute atomic E-state index is 4.33. The molecule has 218 valence electrons. The molecule has 0 aliphatic rings. The fraction of sp³-hybridized carbons (Fsp3) is 0. The molecule has 0 aliphatic heterocycles. The lowest BCUT2D eigenvalue weighted by Crippen LogP contribution is -1.91. The molecule has 0 radical (unpaired) electrons. The van der Waals surface area contributed by atoms with E-state index in [2.05, 4.69) is 151 Å². The Morgan fingerprint density at radius 3 is 1.83 bits per heavy atom. The second kappa shape index (κ2) is 10.3. The van der Waals surface area contributed by atoms with Gasteiger partial charge in [-0.3, -0.25) is 4.98 Å². The van der Waals surface area contributed by atoms with Crippen molar-refractivity contribution in [3.8, 4) is 44.5 Å². The molecular weight excluding hydrogens is 587 g/mol. The van der Waals surface area contributed by atoms with Crippen LogP contribution in [0.4, 0.5) is 0 Å². The zero-order valence-corrected chi connectivity index (χ0v) is 26.3. The van der Waals surface area contributed by atoms with E-state index in [9.17, 15) is 0 Å². The lowest BCUT2D eigenvalue weighted by Gasteiger charge is -2.18. The van der Waals surface area contributed by atoms with Gasteiger partial charge in [0.15, 0.2) is 0 Å². The van der Waals surface area contributed by atoms with E-state index in [4.69, 9.17) is 0 Å². The number of aromatic nitrogens is 1. The Hall–Kier alpha value is -5.83. The van der Waals surface area contributed by atoms with Crippen LogP contribution in [0.15, 0.2) is 164 Å². The molecule has 0 atom stereocenters. The second-order valence-corrected chi connectivity index (χ2v) is 13.4. The van der Waals surface area contributed by atoms with Crippen LogP contribution in [0.3, 0.4) is 0 Å². The molecule has 0 saturated heterocycles. The summed E-state index contributed by atoms with van der Waals surface area (Å²) in [6.07, 6.45) is 3.75. The van der Waals surface area contributed by atoms with E-state index in [1.807, 2.05) is 29.8 Å². The first kappa shape index (κ1) is 26.4. The summed E-state index contributed by atoms with van der Waals surface area (Å²) >= 11 is 1.89. The van der Waals surface area contributed by atoms with Crippen LogP contribution in [0.1, 0.15) is 0 Å². The average molecular weight is 614 g/mol. The molecule has 2 heteroatoms. The molecule has 0 unspecified atom stereocenters. The number of hydrogen-bond acceptors (Lipinski definition) is 2. The zero-order valence-electron chi connectivity index (χ0n) is 25.4. The quantitative estimate of drug-likeness (QED) is 0.180. The van der Waals surface area contributed by atoms with Crippen LogP contribution in [0, 0.1) is 0 Å². The molecule has 8 aromatic carbocycles. The van der Waals surface area contributed by atoms with E-state index >= 15 is 0 Å². The van der Waals surface area contributed by atoms with Crippen LogP contribution in [0.25, 0.3) is 97.0 Å². The van der Waals surface area contributed by atoms with Crippen LogP contribution in [-0.4, -0.2) is 4.98 Å². The van der Waals surface area contributed by atoms with Gasteiger partial charge in [-0.1, -0.05) is 127 Å². The lowest BCUT2D eigenvalue weighted by molar-refractivity contribution is 1.33. The van der Waals surface area contributed by atoms with Crippen LogP contribution < -0.4 is 0 Å². The van der Waals surface area contributed by atoms with Gasteiger partial charge in [0, 0.05) is 32.6 Å². The van der Waals surface area contributed by atoms with Crippen molar-refractivity contribution in [1.82, 2.24) is 4.98 Å². The SMILES string of the molecule is c1cncc(-c2ccc(-c3cc(-c4cccc(-c5cccc6c5sc5ccccc56)c4)c4ccc5cccc6ccc3c4c65)cc2)c1. The molecule has 10 rings (SSSR count). The van der Waals surface area contributed by atoms with Gasteiger partial charge in [0.1, 0.15) is 0 Å². The maximum Gasteiger partial charge on any atom is 0.0433 e. The molecule has 0 aliphatic carbocycles. The van der Waals surface area contributed by atoms with Crippen molar-refractivity contribution in [1.29, 1.82) is 0 Å². The summed E-state index contributed by atoms with van der Waals surface area (Å²) in [6, 6.07) is 56.0. The number of rotatable bonds is 4. The third-order valence-electron chi connectivity index (χ3n) is 9.73. The van der Waals surface area contributed by atoms with Crippen molar-refractivity contribution >= 4 is 63.8 Å². The fourth-order valence-electron chi connectivity index (χ4n) is 7.51. The first-order valence-electron chi connectivity index (χ1n) is 16.0. The van der Waals surface area contributed by atoms with E-state index in [0.29, 0.717) is 0 Å². The molecule has 1 nitrogen and oxygen atoms in total. The maximum atomic E-state index is 4.33. The number of benzene rings is 8. The third kappa shape index (κ3) is 4.12. The summed E-state index contributed by atoms with van der Waals surface area (Å²) in [5.74, 6) is 0. The topological polar surface area (TPSA) is 12.9 Å². The van der Waals surface area contributed by atoms with Gasteiger partial charge in [-0.2, -0.15) is 0 Å². The number of pyridine rings is 1. The largest absolute Gasteiger partial charge is 0.264 e. The second-order valence-electron chi connectivity index (χ2n) is 12.3. The molecule has 2 aromatic heterocycles. The smallest absolute Gasteiger partial charge is 0.0433 e. The molecule has 47 heavy (non-hydrogen) atoms. The van der Waals surface area contributed by atoms with Gasteiger partial charge >= 0.3 is 0 Å². The molecule has 10 aromatic rings. The normalized spacial score (nSPS) is 11.8. The highest BCUT2D eigenvalue weighted by Crippen LogP contribution is 2.45. The molecule has 0 spiro atoms. The lowest BCUT2D eigenvalue weighted by atomic mass is 9.85. The predicted molar refractivity (Wildman–Crippen MR) is 203 cm³/mol. The third-order valence-corrected chi connectivity index (χ3v) is 10.9. The van der Waals surface area contributed by atoms with Gasteiger partial charge in [0.25, 0.3) is 0 Å². The monoisotopic (exact) mass is 613 g/mol. The minimum atomic E-state index is 1.13. The van der Waals surface area contributed by atoms with Crippen LogP contribution in [-0.2, 0) is 0 Å². The molecule has 0 saturated carbocycles. The number of nitrogens with zero attached hydrogens (tertiary/aromatic N) is 1. The van der Waals surface area contributed by atoms with Gasteiger partial charge in [-0.25, -0.2) is 0 Å². The van der Waals surface area contributed by atoms with Crippen molar-refractivity contribution in [2.75, 3.05) is 0 Å². The Morgan fingerprint density at radius 1 is 0.383 bits per heavy atom. The van der Waals surface area contributed by atoms with E-state index in [1.54, 1.807) is 0 Å². The van der Waals surface area contributed by atoms with E-state index in [-0.39, 0.29) is 0 Å². The van der Waals surface area contributed by atoms with E-state index in [1.165, 1.54) is 91.4 Å². The fourth-order valence-corrected chi connectivity index (χ4v) is 8.75. The minimum Gasteiger partial charge on any atom is -0.264 e. The standard InChI is InChI=1S/C45H27NS/c1-2-15-42-36(12-1)39-14-5-13-35(45(39)47-42)32-9-4-10-33(25-32)41-26-40(29-18-16-28(17-19-29)34-11-6-24-46-27-34)37-22-20-30-7-3-8-31-21-23-38(41)44(37)43(30)31/h1-27H.